The predicted molar refractivity (Wildman–Crippen MR) is 70.1 cm³/mol. The van der Waals surface area contributed by atoms with Gasteiger partial charge in [-0.3, -0.25) is 0 Å². The van der Waals surface area contributed by atoms with Gasteiger partial charge in [-0.2, -0.15) is 0 Å². The van der Waals surface area contributed by atoms with Crippen molar-refractivity contribution < 1.29 is 20.1 Å². The van der Waals surface area contributed by atoms with Crippen molar-refractivity contribution in [3.8, 4) is 0 Å². The van der Waals surface area contributed by atoms with Gasteiger partial charge in [0.15, 0.2) is 6.10 Å². The lowest BCUT2D eigenvalue weighted by molar-refractivity contribution is -0.202. The van der Waals surface area contributed by atoms with Gasteiger partial charge >= 0.3 is 0 Å². The Kier molecular flexibility index (Phi) is 6.39. The minimum absolute atomic E-state index is 0.145. The number of aliphatic hydroxyl groups excluding tert-OH is 1. The summed E-state index contributed by atoms with van der Waals surface area (Å²) in [5.41, 5.74) is 0. The van der Waals surface area contributed by atoms with Gasteiger partial charge in [-0.1, -0.05) is 45.1 Å². The Bertz CT molecular complexity index is 294. The molecule has 1 aliphatic carbocycles. The van der Waals surface area contributed by atoms with Crippen LogP contribution in [0, 0.1) is 0 Å². The molecule has 0 aromatic rings. The molecule has 0 heterocycles. The van der Waals surface area contributed by atoms with Crippen molar-refractivity contribution in [3.63, 3.8) is 0 Å². The van der Waals surface area contributed by atoms with E-state index in [-0.39, 0.29) is 5.76 Å². The van der Waals surface area contributed by atoms with Crippen LogP contribution >= 0.6 is 0 Å². The highest BCUT2D eigenvalue weighted by molar-refractivity contribution is 5.23. The highest BCUT2D eigenvalue weighted by Crippen LogP contribution is 2.23. The second kappa shape index (κ2) is 7.56. The zero-order valence-corrected chi connectivity index (χ0v) is 11.0. The molecule has 0 fully saturated rings. The highest BCUT2D eigenvalue weighted by atomic mass is 16.6. The first-order valence-electron chi connectivity index (χ1n) is 6.72. The van der Waals surface area contributed by atoms with Gasteiger partial charge in [0.1, 0.15) is 5.76 Å². The van der Waals surface area contributed by atoms with Crippen LogP contribution in [0.3, 0.4) is 0 Å². The molecule has 104 valence electrons. The molecule has 0 spiro atoms. The number of unbranched alkanes of at least 4 members (excludes halogenated alkanes) is 5. The molecule has 0 bridgehead atoms. The molecule has 4 nitrogen and oxygen atoms in total. The Balaban J connectivity index is 2.18. The number of hydrogen-bond donors (Lipinski definition) is 3. The third-order valence-electron chi connectivity index (χ3n) is 3.05. The second-order valence-electron chi connectivity index (χ2n) is 4.75. The molecule has 1 rings (SSSR count). The summed E-state index contributed by atoms with van der Waals surface area (Å²) in [6, 6.07) is 0. The number of hydrogen-bond acceptors (Lipinski definition) is 4. The van der Waals surface area contributed by atoms with Gasteiger partial charge in [0.2, 0.25) is 5.79 Å². The topological polar surface area (TPSA) is 69.9 Å². The summed E-state index contributed by atoms with van der Waals surface area (Å²) in [4.78, 5) is 0. The summed E-state index contributed by atoms with van der Waals surface area (Å²) < 4.78 is 5.35. The van der Waals surface area contributed by atoms with E-state index in [1.54, 1.807) is 0 Å². The average Bonchev–Trinajstić information content (AvgIpc) is 2.30. The molecule has 0 amide bonds. The smallest absolute Gasteiger partial charge is 0.217 e. The van der Waals surface area contributed by atoms with E-state index in [9.17, 15) is 15.3 Å². The molecular formula is C14H24O4. The van der Waals surface area contributed by atoms with E-state index in [4.69, 9.17) is 4.74 Å². The van der Waals surface area contributed by atoms with Crippen molar-refractivity contribution >= 4 is 0 Å². The van der Waals surface area contributed by atoms with Crippen LogP contribution < -0.4 is 0 Å². The third-order valence-corrected chi connectivity index (χ3v) is 3.05. The number of allylic oxidation sites excluding steroid dienone is 2. The Hall–Kier alpha value is -0.840. The maximum atomic E-state index is 9.62. The summed E-state index contributed by atoms with van der Waals surface area (Å²) in [5.74, 6) is -2.25. The largest absolute Gasteiger partial charge is 0.509 e. The molecule has 0 aliphatic heterocycles. The highest BCUT2D eigenvalue weighted by Gasteiger charge is 2.37. The lowest BCUT2D eigenvalue weighted by atomic mass is 10.0. The van der Waals surface area contributed by atoms with E-state index >= 15 is 0 Å². The first-order chi connectivity index (χ1) is 8.58. The molecule has 18 heavy (non-hydrogen) atoms. The molecule has 0 saturated carbocycles. The van der Waals surface area contributed by atoms with E-state index < -0.39 is 11.9 Å². The summed E-state index contributed by atoms with van der Waals surface area (Å²) in [5, 5.41) is 28.8. The second-order valence-corrected chi connectivity index (χ2v) is 4.75. The van der Waals surface area contributed by atoms with Crippen molar-refractivity contribution in [1.82, 2.24) is 0 Å². The molecule has 4 heteroatoms. The van der Waals surface area contributed by atoms with E-state index in [1.807, 2.05) is 0 Å². The average molecular weight is 256 g/mol. The van der Waals surface area contributed by atoms with Crippen LogP contribution in [0.2, 0.25) is 0 Å². The van der Waals surface area contributed by atoms with Crippen molar-refractivity contribution in [3.05, 3.63) is 24.0 Å². The predicted octanol–water partition coefficient (Wildman–Crippen LogP) is 2.42. The monoisotopic (exact) mass is 256 g/mol. The van der Waals surface area contributed by atoms with Crippen molar-refractivity contribution in [1.29, 1.82) is 0 Å². The van der Waals surface area contributed by atoms with Crippen LogP contribution in [0.5, 0.6) is 0 Å². The molecule has 0 saturated heterocycles. The Morgan fingerprint density at radius 1 is 1.17 bits per heavy atom. The van der Waals surface area contributed by atoms with Crippen molar-refractivity contribution in [2.45, 2.75) is 57.3 Å². The van der Waals surface area contributed by atoms with Gasteiger partial charge in [-0.15, -0.1) is 0 Å². The first kappa shape index (κ1) is 15.2. The standard InChI is InChI=1S/C14H24O4/c1-2-3-4-5-6-7-11-18-13-12(15)9-8-10-14(13,16)17/h8-10,13,15-17H,2-7,11H2,1H3. The molecule has 0 aromatic heterocycles. The Morgan fingerprint density at radius 3 is 2.50 bits per heavy atom. The van der Waals surface area contributed by atoms with Crippen LogP contribution in [-0.2, 0) is 4.74 Å². The summed E-state index contributed by atoms with van der Waals surface area (Å²) in [6.45, 7) is 2.60. The number of aliphatic hydroxyl groups is 3. The lowest BCUT2D eigenvalue weighted by Gasteiger charge is -2.30. The minimum Gasteiger partial charge on any atom is -0.509 e. The van der Waals surface area contributed by atoms with E-state index in [2.05, 4.69) is 6.92 Å². The summed E-state index contributed by atoms with van der Waals surface area (Å²) in [6.07, 6.45) is 9.78. The van der Waals surface area contributed by atoms with E-state index in [0.29, 0.717) is 6.61 Å². The SMILES string of the molecule is CCCCCCCCOC1C(O)=CC=CC1(O)O. The van der Waals surface area contributed by atoms with Crippen LogP contribution in [-0.4, -0.2) is 33.8 Å². The van der Waals surface area contributed by atoms with Crippen molar-refractivity contribution in [2.75, 3.05) is 6.61 Å². The van der Waals surface area contributed by atoms with Gasteiger partial charge < -0.3 is 20.1 Å². The fourth-order valence-electron chi connectivity index (χ4n) is 1.97. The lowest BCUT2D eigenvalue weighted by Crippen LogP contribution is -2.44. The molecule has 1 unspecified atom stereocenters. The van der Waals surface area contributed by atoms with E-state index in [1.165, 1.54) is 43.9 Å². The first-order valence-corrected chi connectivity index (χ1v) is 6.72. The van der Waals surface area contributed by atoms with Gasteiger partial charge in [0.05, 0.1) is 0 Å². The van der Waals surface area contributed by atoms with Crippen LogP contribution in [0.25, 0.3) is 0 Å². The molecule has 3 N–H and O–H groups in total. The fraction of sp³-hybridized carbons (Fsp3) is 0.714. The van der Waals surface area contributed by atoms with Crippen LogP contribution in [0.1, 0.15) is 45.4 Å². The summed E-state index contributed by atoms with van der Waals surface area (Å²) in [7, 11) is 0. The number of ether oxygens (including phenoxy) is 1. The molecule has 1 atom stereocenters. The molecule has 0 radical (unpaired) electrons. The maximum Gasteiger partial charge on any atom is 0.217 e. The van der Waals surface area contributed by atoms with Crippen LogP contribution in [0.4, 0.5) is 0 Å². The quantitative estimate of drug-likeness (QED) is 0.461. The molecule has 1 aliphatic rings. The third kappa shape index (κ3) is 4.80. The normalized spacial score (nSPS) is 21.9. The van der Waals surface area contributed by atoms with Gasteiger partial charge in [-0.25, -0.2) is 0 Å². The zero-order valence-electron chi connectivity index (χ0n) is 11.0. The van der Waals surface area contributed by atoms with Gasteiger partial charge in [-0.05, 0) is 18.6 Å². The van der Waals surface area contributed by atoms with Crippen molar-refractivity contribution in [2.24, 2.45) is 0 Å². The number of rotatable bonds is 8. The molecular weight excluding hydrogens is 232 g/mol. The maximum absolute atomic E-state index is 9.62. The van der Waals surface area contributed by atoms with Crippen LogP contribution in [0.15, 0.2) is 24.0 Å². The van der Waals surface area contributed by atoms with E-state index in [0.717, 1.165) is 12.8 Å². The Morgan fingerprint density at radius 2 is 1.83 bits per heavy atom. The van der Waals surface area contributed by atoms with Gasteiger partial charge in [0.25, 0.3) is 0 Å². The molecule has 0 aromatic carbocycles. The zero-order chi connectivity index (χ0) is 13.4. The Labute approximate surface area is 109 Å². The summed E-state index contributed by atoms with van der Waals surface area (Å²) >= 11 is 0. The van der Waals surface area contributed by atoms with Gasteiger partial charge in [0, 0.05) is 6.61 Å². The minimum atomic E-state index is -2.11. The fourth-order valence-corrected chi connectivity index (χ4v) is 1.97.